The Labute approximate surface area is 148 Å². The fourth-order valence-corrected chi connectivity index (χ4v) is 3.71. The normalized spacial score (nSPS) is 22.5. The average molecular weight is 349 g/mol. The maximum atomic E-state index is 13.0. The van der Waals surface area contributed by atoms with E-state index in [1.807, 2.05) is 19.0 Å². The van der Waals surface area contributed by atoms with Gasteiger partial charge in [-0.3, -0.25) is 14.5 Å². The zero-order valence-corrected chi connectivity index (χ0v) is 15.0. The summed E-state index contributed by atoms with van der Waals surface area (Å²) < 4.78 is 11.4. The summed E-state index contributed by atoms with van der Waals surface area (Å²) in [5.74, 6) is -0.178. The van der Waals surface area contributed by atoms with Crippen LogP contribution in [0.4, 0.5) is 0 Å². The van der Waals surface area contributed by atoms with Crippen molar-refractivity contribution in [2.45, 2.75) is 43.9 Å². The van der Waals surface area contributed by atoms with Gasteiger partial charge in [-0.15, -0.1) is 0 Å². The molecule has 2 amide bonds. The highest BCUT2D eigenvalue weighted by Crippen LogP contribution is 2.41. The number of nitrogens with zero attached hydrogens (tertiary/aromatic N) is 2. The maximum absolute atomic E-state index is 13.0. The molecule has 3 rings (SSSR count). The van der Waals surface area contributed by atoms with Crippen LogP contribution in [0.3, 0.4) is 0 Å². The molecule has 1 aliphatic carbocycles. The molecule has 1 saturated heterocycles. The molecule has 1 spiro atoms. The summed E-state index contributed by atoms with van der Waals surface area (Å²) in [4.78, 5) is 29.4. The van der Waals surface area contributed by atoms with Gasteiger partial charge < -0.3 is 19.4 Å². The standard InChI is InChI=1S/C18H27N3O4/c1-20(2)11-10-19-16(22)14-13-25-18(8-4-3-5-9-18)21(14)17(23)15-7-6-12-24-15/h6-7,12,14H,3-5,8-11,13H2,1-2H3,(H,19,22). The van der Waals surface area contributed by atoms with Crippen molar-refractivity contribution in [3.05, 3.63) is 24.2 Å². The van der Waals surface area contributed by atoms with E-state index in [0.717, 1.165) is 38.6 Å². The number of furan rings is 1. The SMILES string of the molecule is CN(C)CCNC(=O)C1COC2(CCCCC2)N1C(=O)c1ccco1. The van der Waals surface area contributed by atoms with Crippen LogP contribution in [0.25, 0.3) is 0 Å². The van der Waals surface area contributed by atoms with Crippen LogP contribution in [-0.2, 0) is 9.53 Å². The maximum Gasteiger partial charge on any atom is 0.292 e. The summed E-state index contributed by atoms with van der Waals surface area (Å²) in [5, 5.41) is 2.92. The number of carbonyl (C=O) groups excluding carboxylic acids is 2. The fraction of sp³-hybridized carbons (Fsp3) is 0.667. The lowest BCUT2D eigenvalue weighted by atomic mass is 9.90. The molecule has 1 atom stereocenters. The number of amides is 2. The van der Waals surface area contributed by atoms with Crippen LogP contribution in [0.2, 0.25) is 0 Å². The molecule has 1 aromatic rings. The Morgan fingerprint density at radius 1 is 1.32 bits per heavy atom. The predicted molar refractivity (Wildman–Crippen MR) is 92.0 cm³/mol. The van der Waals surface area contributed by atoms with Gasteiger partial charge in [-0.1, -0.05) is 6.42 Å². The highest BCUT2D eigenvalue weighted by Gasteiger charge is 2.53. The van der Waals surface area contributed by atoms with Crippen LogP contribution < -0.4 is 5.32 Å². The molecule has 0 aromatic carbocycles. The fourth-order valence-electron chi connectivity index (χ4n) is 3.71. The molecular formula is C18H27N3O4. The lowest BCUT2D eigenvalue weighted by molar-refractivity contribution is -0.127. The van der Waals surface area contributed by atoms with E-state index in [0.29, 0.717) is 6.54 Å². The Kier molecular flexibility index (Phi) is 5.44. The van der Waals surface area contributed by atoms with Crippen LogP contribution in [0.5, 0.6) is 0 Å². The van der Waals surface area contributed by atoms with Crippen LogP contribution in [0.15, 0.2) is 22.8 Å². The van der Waals surface area contributed by atoms with Gasteiger partial charge in [-0.2, -0.15) is 0 Å². The first-order valence-corrected chi connectivity index (χ1v) is 8.97. The Morgan fingerprint density at radius 2 is 2.08 bits per heavy atom. The van der Waals surface area contributed by atoms with E-state index in [2.05, 4.69) is 5.32 Å². The van der Waals surface area contributed by atoms with E-state index in [9.17, 15) is 9.59 Å². The molecule has 2 aliphatic rings. The first kappa shape index (κ1) is 17.9. The van der Waals surface area contributed by atoms with E-state index in [1.165, 1.54) is 6.26 Å². The molecule has 1 aliphatic heterocycles. The number of carbonyl (C=O) groups is 2. The molecule has 7 nitrogen and oxygen atoms in total. The summed E-state index contributed by atoms with van der Waals surface area (Å²) in [7, 11) is 3.91. The predicted octanol–water partition coefficient (Wildman–Crippen LogP) is 1.46. The van der Waals surface area contributed by atoms with Gasteiger partial charge in [-0.25, -0.2) is 0 Å². The van der Waals surface area contributed by atoms with Crippen molar-refractivity contribution in [3.63, 3.8) is 0 Å². The monoisotopic (exact) mass is 349 g/mol. The second-order valence-electron chi connectivity index (χ2n) is 7.08. The van der Waals surface area contributed by atoms with E-state index in [1.54, 1.807) is 17.0 Å². The number of ether oxygens (including phenoxy) is 1. The lowest BCUT2D eigenvalue weighted by Crippen LogP contribution is -2.56. The van der Waals surface area contributed by atoms with Gasteiger partial charge in [0, 0.05) is 13.1 Å². The minimum absolute atomic E-state index is 0.163. The molecule has 2 heterocycles. The topological polar surface area (TPSA) is 75.0 Å². The van der Waals surface area contributed by atoms with Crippen molar-refractivity contribution in [2.75, 3.05) is 33.8 Å². The molecule has 1 unspecified atom stereocenters. The average Bonchev–Trinajstić information content (AvgIpc) is 3.23. The van der Waals surface area contributed by atoms with Crippen LogP contribution in [0.1, 0.15) is 42.7 Å². The van der Waals surface area contributed by atoms with Crippen LogP contribution in [0, 0.1) is 0 Å². The first-order valence-electron chi connectivity index (χ1n) is 8.97. The largest absolute Gasteiger partial charge is 0.459 e. The zero-order valence-electron chi connectivity index (χ0n) is 15.0. The van der Waals surface area contributed by atoms with Gasteiger partial charge in [0.2, 0.25) is 5.91 Å². The van der Waals surface area contributed by atoms with Gasteiger partial charge >= 0.3 is 0 Å². The highest BCUT2D eigenvalue weighted by molar-refractivity contribution is 5.96. The van der Waals surface area contributed by atoms with E-state index in [-0.39, 0.29) is 24.2 Å². The van der Waals surface area contributed by atoms with E-state index in [4.69, 9.17) is 9.15 Å². The minimum Gasteiger partial charge on any atom is -0.459 e. The first-order chi connectivity index (χ1) is 12.0. The van der Waals surface area contributed by atoms with E-state index < -0.39 is 11.8 Å². The smallest absolute Gasteiger partial charge is 0.292 e. The third-order valence-corrected chi connectivity index (χ3v) is 5.01. The number of hydrogen-bond acceptors (Lipinski definition) is 5. The molecule has 138 valence electrons. The summed E-state index contributed by atoms with van der Waals surface area (Å²) in [5.41, 5.74) is -0.675. The third kappa shape index (κ3) is 3.72. The second-order valence-corrected chi connectivity index (χ2v) is 7.08. The lowest BCUT2D eigenvalue weighted by Gasteiger charge is -2.41. The van der Waals surface area contributed by atoms with Gasteiger partial charge in [0.1, 0.15) is 11.8 Å². The number of rotatable bonds is 5. The highest BCUT2D eigenvalue weighted by atomic mass is 16.5. The summed E-state index contributed by atoms with van der Waals surface area (Å²) in [6, 6.07) is 2.71. The van der Waals surface area contributed by atoms with Crippen molar-refractivity contribution in [1.29, 1.82) is 0 Å². The molecule has 1 saturated carbocycles. The van der Waals surface area contributed by atoms with Crippen molar-refractivity contribution in [3.8, 4) is 0 Å². The number of likely N-dealkylation sites (N-methyl/N-ethyl adjacent to an activating group) is 1. The van der Waals surface area contributed by atoms with Crippen molar-refractivity contribution in [1.82, 2.24) is 15.1 Å². The second kappa shape index (κ2) is 7.58. The minimum atomic E-state index is -0.675. The van der Waals surface area contributed by atoms with Crippen molar-refractivity contribution >= 4 is 11.8 Å². The summed E-state index contributed by atoms with van der Waals surface area (Å²) >= 11 is 0. The van der Waals surface area contributed by atoms with Gasteiger partial charge in [0.15, 0.2) is 5.76 Å². The molecule has 1 N–H and O–H groups in total. The Balaban J connectivity index is 1.79. The van der Waals surface area contributed by atoms with Crippen molar-refractivity contribution in [2.24, 2.45) is 0 Å². The Bertz CT molecular complexity index is 593. The van der Waals surface area contributed by atoms with Crippen molar-refractivity contribution < 1.29 is 18.7 Å². The number of nitrogens with one attached hydrogen (secondary N) is 1. The zero-order chi connectivity index (χ0) is 17.9. The van der Waals surface area contributed by atoms with Crippen LogP contribution in [-0.4, -0.2) is 67.2 Å². The van der Waals surface area contributed by atoms with Gasteiger partial charge in [0.05, 0.1) is 12.9 Å². The Hall–Kier alpha value is -1.86. The molecule has 0 bridgehead atoms. The number of hydrogen-bond donors (Lipinski definition) is 1. The third-order valence-electron chi connectivity index (χ3n) is 5.01. The molecule has 0 radical (unpaired) electrons. The molecule has 25 heavy (non-hydrogen) atoms. The molecule has 2 fully saturated rings. The van der Waals surface area contributed by atoms with Gasteiger partial charge in [0.25, 0.3) is 5.91 Å². The quantitative estimate of drug-likeness (QED) is 0.871. The molecular weight excluding hydrogens is 322 g/mol. The van der Waals surface area contributed by atoms with Gasteiger partial charge in [-0.05, 0) is 51.9 Å². The molecule has 7 heteroatoms. The molecule has 1 aromatic heterocycles. The Morgan fingerprint density at radius 3 is 2.72 bits per heavy atom. The summed E-state index contributed by atoms with van der Waals surface area (Å²) in [6.45, 7) is 1.52. The van der Waals surface area contributed by atoms with E-state index >= 15 is 0 Å². The van der Waals surface area contributed by atoms with Crippen LogP contribution >= 0.6 is 0 Å². The summed E-state index contributed by atoms with van der Waals surface area (Å²) in [6.07, 6.45) is 6.13.